The Kier molecular flexibility index (Phi) is 4.60. The first kappa shape index (κ1) is 18.3. The molecule has 2 saturated heterocycles. The van der Waals surface area contributed by atoms with Crippen molar-refractivity contribution in [1.82, 2.24) is 19.8 Å². The molecule has 1 N–H and O–H groups in total. The Bertz CT molecular complexity index is 911. The Labute approximate surface area is 169 Å². The fourth-order valence-corrected chi connectivity index (χ4v) is 5.28. The lowest BCUT2D eigenvalue weighted by molar-refractivity contribution is -0.141. The molecule has 2 aliphatic heterocycles. The normalized spacial score (nSPS) is 27.1. The Hall–Kier alpha value is -2.70. The average Bonchev–Trinajstić information content (AvgIpc) is 3.44. The number of aromatic nitrogens is 2. The van der Waals surface area contributed by atoms with Gasteiger partial charge in [-0.1, -0.05) is 25.0 Å². The summed E-state index contributed by atoms with van der Waals surface area (Å²) < 4.78 is 0. The van der Waals surface area contributed by atoms with Crippen LogP contribution < -0.4 is 0 Å². The summed E-state index contributed by atoms with van der Waals surface area (Å²) in [6, 6.07) is 7.79. The summed E-state index contributed by atoms with van der Waals surface area (Å²) in [6.45, 7) is 0.889. The fourth-order valence-electron chi connectivity index (χ4n) is 5.28. The number of likely N-dealkylation sites (tertiary alicyclic amines) is 2. The molecule has 7 nitrogen and oxygen atoms in total. The summed E-state index contributed by atoms with van der Waals surface area (Å²) in [5.41, 5.74) is 1.87. The Morgan fingerprint density at radius 3 is 2.48 bits per heavy atom. The highest BCUT2D eigenvalue weighted by molar-refractivity contribution is 6.05. The molecule has 2 aromatic rings. The number of aromatic amines is 1. The summed E-state index contributed by atoms with van der Waals surface area (Å²) in [4.78, 5) is 49.5. The molecule has 0 radical (unpaired) electrons. The maximum absolute atomic E-state index is 13.0. The van der Waals surface area contributed by atoms with Gasteiger partial charge in [0.05, 0.1) is 28.9 Å². The number of amides is 3. The Morgan fingerprint density at radius 2 is 1.76 bits per heavy atom. The van der Waals surface area contributed by atoms with Crippen LogP contribution >= 0.6 is 0 Å². The molecular weight excluding hydrogens is 368 g/mol. The van der Waals surface area contributed by atoms with Crippen molar-refractivity contribution in [2.45, 2.75) is 51.0 Å². The number of fused-ring (bicyclic) bond motifs is 2. The van der Waals surface area contributed by atoms with Crippen LogP contribution in [-0.2, 0) is 14.4 Å². The van der Waals surface area contributed by atoms with Gasteiger partial charge in [0, 0.05) is 19.5 Å². The second kappa shape index (κ2) is 7.28. The van der Waals surface area contributed by atoms with Gasteiger partial charge in [0.1, 0.15) is 5.82 Å². The van der Waals surface area contributed by atoms with Gasteiger partial charge >= 0.3 is 0 Å². The molecule has 3 atom stereocenters. The Morgan fingerprint density at radius 1 is 1.03 bits per heavy atom. The van der Waals surface area contributed by atoms with E-state index < -0.39 is 0 Å². The van der Waals surface area contributed by atoms with Gasteiger partial charge in [0.25, 0.3) is 0 Å². The van der Waals surface area contributed by atoms with Gasteiger partial charge < -0.3 is 9.88 Å². The monoisotopic (exact) mass is 394 g/mol. The van der Waals surface area contributed by atoms with Crippen molar-refractivity contribution < 1.29 is 14.4 Å². The number of nitrogens with one attached hydrogen (secondary N) is 1. The van der Waals surface area contributed by atoms with Crippen LogP contribution in [0.3, 0.4) is 0 Å². The van der Waals surface area contributed by atoms with Crippen molar-refractivity contribution in [2.75, 3.05) is 13.1 Å². The summed E-state index contributed by atoms with van der Waals surface area (Å²) in [5.74, 6) is 0.369. The highest BCUT2D eigenvalue weighted by Crippen LogP contribution is 2.38. The molecule has 1 aromatic heterocycles. The zero-order valence-electron chi connectivity index (χ0n) is 16.5. The maximum atomic E-state index is 13.0. The molecule has 7 heteroatoms. The van der Waals surface area contributed by atoms with Gasteiger partial charge in [-0.25, -0.2) is 4.98 Å². The van der Waals surface area contributed by atoms with E-state index in [0.717, 1.165) is 55.4 Å². The number of carbonyl (C=O) groups excluding carboxylic acids is 3. The average molecular weight is 394 g/mol. The van der Waals surface area contributed by atoms with Gasteiger partial charge in [-0.05, 0) is 37.8 Å². The third kappa shape index (κ3) is 3.12. The lowest BCUT2D eigenvalue weighted by Gasteiger charge is -2.24. The summed E-state index contributed by atoms with van der Waals surface area (Å²) in [6.07, 6.45) is 5.63. The number of carbonyl (C=O) groups is 3. The Balaban J connectivity index is 1.26. The van der Waals surface area contributed by atoms with Gasteiger partial charge in [0.2, 0.25) is 17.7 Å². The summed E-state index contributed by atoms with van der Waals surface area (Å²) >= 11 is 0. The van der Waals surface area contributed by atoms with E-state index >= 15 is 0 Å². The van der Waals surface area contributed by atoms with Crippen molar-refractivity contribution in [3.8, 4) is 0 Å². The van der Waals surface area contributed by atoms with Crippen LogP contribution in [0.4, 0.5) is 0 Å². The highest BCUT2D eigenvalue weighted by Gasteiger charge is 2.48. The van der Waals surface area contributed by atoms with Crippen LogP contribution in [0.15, 0.2) is 24.3 Å². The van der Waals surface area contributed by atoms with Crippen molar-refractivity contribution in [2.24, 2.45) is 11.8 Å². The van der Waals surface area contributed by atoms with Crippen LogP contribution in [0.25, 0.3) is 11.0 Å². The number of para-hydroxylation sites is 2. The number of hydrogen-bond donors (Lipinski definition) is 1. The molecule has 3 aliphatic rings. The minimum absolute atomic E-state index is 0.0107. The van der Waals surface area contributed by atoms with Gasteiger partial charge in [-0.15, -0.1) is 0 Å². The summed E-state index contributed by atoms with van der Waals surface area (Å²) in [5, 5.41) is 0. The molecule has 3 fully saturated rings. The van der Waals surface area contributed by atoms with E-state index in [1.165, 1.54) is 4.90 Å². The number of hydrogen-bond acceptors (Lipinski definition) is 4. The van der Waals surface area contributed by atoms with Gasteiger partial charge in [-0.2, -0.15) is 0 Å². The summed E-state index contributed by atoms with van der Waals surface area (Å²) in [7, 11) is 0. The van der Waals surface area contributed by atoms with Gasteiger partial charge in [0.15, 0.2) is 0 Å². The van der Waals surface area contributed by atoms with E-state index in [2.05, 4.69) is 9.97 Å². The lowest BCUT2D eigenvalue weighted by Crippen LogP contribution is -2.37. The molecule has 1 saturated carbocycles. The number of H-pyrrole nitrogens is 1. The standard InChI is InChI=1S/C22H26N4O3/c27-19(11-13-26-21(28)14-6-1-2-7-15(14)22(26)29)25-12-5-10-18(25)20-23-16-8-3-4-9-17(16)24-20/h3-4,8-9,14-15,18H,1-2,5-7,10-13H2,(H,23,24)/t14-,15-,18+/m1/s1. The van der Waals surface area contributed by atoms with Crippen LogP contribution in [0.1, 0.15) is 56.8 Å². The second-order valence-corrected chi connectivity index (χ2v) is 8.46. The first-order chi connectivity index (χ1) is 14.1. The minimum atomic E-state index is -0.151. The minimum Gasteiger partial charge on any atom is -0.340 e. The first-order valence-corrected chi connectivity index (χ1v) is 10.7. The molecule has 0 spiro atoms. The number of imidazole rings is 1. The van der Waals surface area contributed by atoms with E-state index in [-0.39, 0.29) is 48.6 Å². The van der Waals surface area contributed by atoms with E-state index in [1.54, 1.807) is 0 Å². The van der Waals surface area contributed by atoms with Crippen molar-refractivity contribution >= 4 is 28.8 Å². The number of benzene rings is 1. The van der Waals surface area contributed by atoms with Crippen molar-refractivity contribution in [3.05, 3.63) is 30.1 Å². The van der Waals surface area contributed by atoms with Gasteiger partial charge in [-0.3, -0.25) is 19.3 Å². The van der Waals surface area contributed by atoms with Crippen molar-refractivity contribution in [1.29, 1.82) is 0 Å². The SMILES string of the molecule is O=C1[C@@H]2CCCC[C@H]2C(=O)N1CCC(=O)N1CCC[C@H]1c1nc2ccccc2[nH]1. The predicted octanol–water partition coefficient (Wildman–Crippen LogP) is 2.79. The predicted molar refractivity (Wildman–Crippen MR) is 107 cm³/mol. The fraction of sp³-hybridized carbons (Fsp3) is 0.545. The van der Waals surface area contributed by atoms with E-state index in [9.17, 15) is 14.4 Å². The van der Waals surface area contributed by atoms with E-state index in [4.69, 9.17) is 0 Å². The molecule has 3 amide bonds. The first-order valence-electron chi connectivity index (χ1n) is 10.7. The molecule has 0 bridgehead atoms. The largest absolute Gasteiger partial charge is 0.340 e. The molecule has 1 aliphatic carbocycles. The number of rotatable bonds is 4. The molecule has 0 unspecified atom stereocenters. The lowest BCUT2D eigenvalue weighted by atomic mass is 9.81. The highest BCUT2D eigenvalue weighted by atomic mass is 16.2. The maximum Gasteiger partial charge on any atom is 0.233 e. The van der Waals surface area contributed by atoms with E-state index in [1.807, 2.05) is 29.2 Å². The zero-order chi connectivity index (χ0) is 20.0. The zero-order valence-corrected chi connectivity index (χ0v) is 16.5. The van der Waals surface area contributed by atoms with E-state index in [0.29, 0.717) is 6.54 Å². The number of nitrogens with zero attached hydrogens (tertiary/aromatic N) is 3. The van der Waals surface area contributed by atoms with Crippen LogP contribution in [-0.4, -0.2) is 50.6 Å². The molecule has 152 valence electrons. The third-order valence-corrected chi connectivity index (χ3v) is 6.78. The van der Waals surface area contributed by atoms with Crippen LogP contribution in [0.5, 0.6) is 0 Å². The quantitative estimate of drug-likeness (QED) is 0.808. The molecular formula is C22H26N4O3. The molecule has 29 heavy (non-hydrogen) atoms. The van der Waals surface area contributed by atoms with Crippen LogP contribution in [0.2, 0.25) is 0 Å². The molecule has 3 heterocycles. The van der Waals surface area contributed by atoms with Crippen molar-refractivity contribution in [3.63, 3.8) is 0 Å². The van der Waals surface area contributed by atoms with Crippen LogP contribution in [0, 0.1) is 11.8 Å². The third-order valence-electron chi connectivity index (χ3n) is 6.78. The smallest absolute Gasteiger partial charge is 0.233 e. The molecule has 5 rings (SSSR count). The molecule has 1 aromatic carbocycles. The second-order valence-electron chi connectivity index (χ2n) is 8.46. The topological polar surface area (TPSA) is 86.4 Å². The number of imide groups is 1.